The van der Waals surface area contributed by atoms with Gasteiger partial charge in [0, 0.05) is 5.54 Å². The summed E-state index contributed by atoms with van der Waals surface area (Å²) in [6, 6.07) is 8.32. The van der Waals surface area contributed by atoms with E-state index < -0.39 is 0 Å². The Kier molecular flexibility index (Phi) is 3.33. The van der Waals surface area contributed by atoms with Gasteiger partial charge in [0.05, 0.1) is 0 Å². The van der Waals surface area contributed by atoms with E-state index in [2.05, 4.69) is 24.1 Å². The van der Waals surface area contributed by atoms with Gasteiger partial charge in [-0.15, -0.1) is 0 Å². The van der Waals surface area contributed by atoms with Crippen molar-refractivity contribution < 1.29 is 4.42 Å². The molecule has 0 bridgehead atoms. The van der Waals surface area contributed by atoms with E-state index in [0.29, 0.717) is 12.6 Å². The Bertz CT molecular complexity index is 461. The van der Waals surface area contributed by atoms with Gasteiger partial charge >= 0.3 is 0 Å². The predicted molar refractivity (Wildman–Crippen MR) is 70.0 cm³/mol. The molecule has 0 spiro atoms. The van der Waals surface area contributed by atoms with Crippen LogP contribution in [0, 0.1) is 0 Å². The number of hydrogen-bond donors (Lipinski definition) is 2. The van der Waals surface area contributed by atoms with Crippen molar-refractivity contribution >= 4 is 17.1 Å². The van der Waals surface area contributed by atoms with Crippen LogP contribution >= 0.6 is 0 Å². The summed E-state index contributed by atoms with van der Waals surface area (Å²) in [6.45, 7) is 4.91. The van der Waals surface area contributed by atoms with Crippen molar-refractivity contribution in [1.29, 1.82) is 0 Å². The standard InChI is InChI=1S/C13H19N3O/c1-3-13(2,8-9-14)16-12-15-10-6-4-5-7-11(10)17-12/h4-7H,3,8-9,14H2,1-2H3,(H,15,16). The second-order valence-corrected chi connectivity index (χ2v) is 4.56. The summed E-state index contributed by atoms with van der Waals surface area (Å²) in [6.07, 6.45) is 1.87. The lowest BCUT2D eigenvalue weighted by Gasteiger charge is -2.28. The molecule has 0 radical (unpaired) electrons. The van der Waals surface area contributed by atoms with Gasteiger partial charge in [-0.1, -0.05) is 19.1 Å². The Hall–Kier alpha value is -1.55. The van der Waals surface area contributed by atoms with Gasteiger partial charge in [-0.25, -0.2) is 0 Å². The number of para-hydroxylation sites is 2. The molecule has 1 atom stereocenters. The van der Waals surface area contributed by atoms with Gasteiger partial charge in [0.25, 0.3) is 6.01 Å². The molecular formula is C13H19N3O. The first-order valence-corrected chi connectivity index (χ1v) is 6.01. The molecule has 0 amide bonds. The quantitative estimate of drug-likeness (QED) is 0.833. The first-order chi connectivity index (χ1) is 8.17. The molecular weight excluding hydrogens is 214 g/mol. The van der Waals surface area contributed by atoms with Gasteiger partial charge in [-0.05, 0) is 38.4 Å². The number of hydrogen-bond acceptors (Lipinski definition) is 4. The van der Waals surface area contributed by atoms with E-state index in [9.17, 15) is 0 Å². The monoisotopic (exact) mass is 233 g/mol. The number of oxazole rings is 1. The Morgan fingerprint density at radius 3 is 2.82 bits per heavy atom. The van der Waals surface area contributed by atoms with Crippen LogP contribution in [0.1, 0.15) is 26.7 Å². The maximum atomic E-state index is 5.65. The van der Waals surface area contributed by atoms with E-state index in [1.807, 2.05) is 24.3 Å². The zero-order valence-corrected chi connectivity index (χ0v) is 10.4. The lowest BCUT2D eigenvalue weighted by Crippen LogP contribution is -2.36. The first-order valence-electron chi connectivity index (χ1n) is 6.01. The van der Waals surface area contributed by atoms with Crippen LogP contribution in [0.3, 0.4) is 0 Å². The minimum absolute atomic E-state index is 0.0599. The van der Waals surface area contributed by atoms with Crippen LogP contribution in [-0.4, -0.2) is 17.1 Å². The zero-order chi connectivity index (χ0) is 12.3. The molecule has 1 aromatic carbocycles. The van der Waals surface area contributed by atoms with Gasteiger partial charge < -0.3 is 15.5 Å². The molecule has 4 heteroatoms. The third-order valence-corrected chi connectivity index (χ3v) is 3.18. The average molecular weight is 233 g/mol. The zero-order valence-electron chi connectivity index (χ0n) is 10.4. The van der Waals surface area contributed by atoms with Gasteiger partial charge in [0.1, 0.15) is 5.52 Å². The van der Waals surface area contributed by atoms with Crippen molar-refractivity contribution in [3.8, 4) is 0 Å². The Labute approximate surface area is 101 Å². The lowest BCUT2D eigenvalue weighted by molar-refractivity contribution is 0.443. The number of fused-ring (bicyclic) bond motifs is 1. The van der Waals surface area contributed by atoms with E-state index in [4.69, 9.17) is 10.2 Å². The van der Waals surface area contributed by atoms with Crippen LogP contribution in [0.25, 0.3) is 11.1 Å². The van der Waals surface area contributed by atoms with Crippen LogP contribution in [-0.2, 0) is 0 Å². The van der Waals surface area contributed by atoms with Crippen LogP contribution in [0.15, 0.2) is 28.7 Å². The molecule has 1 heterocycles. The molecule has 1 aromatic heterocycles. The molecule has 0 saturated carbocycles. The molecule has 3 N–H and O–H groups in total. The summed E-state index contributed by atoms with van der Waals surface area (Å²) >= 11 is 0. The first kappa shape index (κ1) is 11.9. The molecule has 92 valence electrons. The number of aromatic nitrogens is 1. The van der Waals surface area contributed by atoms with Crippen molar-refractivity contribution in [3.63, 3.8) is 0 Å². The fourth-order valence-electron chi connectivity index (χ4n) is 1.83. The van der Waals surface area contributed by atoms with Crippen molar-refractivity contribution in [2.75, 3.05) is 11.9 Å². The predicted octanol–water partition coefficient (Wildman–Crippen LogP) is 2.76. The minimum Gasteiger partial charge on any atom is -0.424 e. The highest BCUT2D eigenvalue weighted by Gasteiger charge is 2.22. The average Bonchev–Trinajstić information content (AvgIpc) is 2.71. The Balaban J connectivity index is 2.22. The molecule has 4 nitrogen and oxygen atoms in total. The molecule has 0 aliphatic carbocycles. The number of nitrogens with zero attached hydrogens (tertiary/aromatic N) is 1. The molecule has 0 aliphatic rings. The molecule has 0 aliphatic heterocycles. The number of nitrogens with one attached hydrogen (secondary N) is 1. The van der Waals surface area contributed by atoms with Gasteiger partial charge in [-0.2, -0.15) is 4.98 Å². The molecule has 2 rings (SSSR count). The van der Waals surface area contributed by atoms with E-state index in [1.54, 1.807) is 0 Å². The van der Waals surface area contributed by atoms with E-state index in [0.717, 1.165) is 23.9 Å². The molecule has 2 aromatic rings. The summed E-state index contributed by atoms with van der Waals surface area (Å²) < 4.78 is 5.65. The number of benzene rings is 1. The van der Waals surface area contributed by atoms with Gasteiger partial charge in [0.2, 0.25) is 0 Å². The number of nitrogens with two attached hydrogens (primary N) is 1. The van der Waals surface area contributed by atoms with Crippen molar-refractivity contribution in [1.82, 2.24) is 4.98 Å². The summed E-state index contributed by atoms with van der Waals surface area (Å²) in [5, 5.41) is 3.34. The topological polar surface area (TPSA) is 64.1 Å². The summed E-state index contributed by atoms with van der Waals surface area (Å²) in [5.41, 5.74) is 7.25. The Morgan fingerprint density at radius 1 is 1.41 bits per heavy atom. The highest BCUT2D eigenvalue weighted by atomic mass is 16.4. The van der Waals surface area contributed by atoms with Gasteiger partial charge in [-0.3, -0.25) is 0 Å². The van der Waals surface area contributed by atoms with Crippen molar-refractivity contribution in [2.24, 2.45) is 5.73 Å². The normalized spacial score (nSPS) is 14.8. The minimum atomic E-state index is -0.0599. The number of rotatable bonds is 5. The lowest BCUT2D eigenvalue weighted by atomic mass is 9.95. The highest BCUT2D eigenvalue weighted by Crippen LogP contribution is 2.24. The van der Waals surface area contributed by atoms with Crippen LogP contribution in [0.2, 0.25) is 0 Å². The van der Waals surface area contributed by atoms with Gasteiger partial charge in [0.15, 0.2) is 5.58 Å². The fourth-order valence-corrected chi connectivity index (χ4v) is 1.83. The smallest absolute Gasteiger partial charge is 0.296 e. The third kappa shape index (κ3) is 2.58. The highest BCUT2D eigenvalue weighted by molar-refractivity contribution is 5.74. The van der Waals surface area contributed by atoms with Crippen LogP contribution in [0.4, 0.5) is 6.01 Å². The van der Waals surface area contributed by atoms with Crippen molar-refractivity contribution in [3.05, 3.63) is 24.3 Å². The fraction of sp³-hybridized carbons (Fsp3) is 0.462. The van der Waals surface area contributed by atoms with E-state index in [-0.39, 0.29) is 5.54 Å². The maximum absolute atomic E-state index is 5.65. The summed E-state index contributed by atoms with van der Waals surface area (Å²) in [5.74, 6) is 0. The second kappa shape index (κ2) is 4.75. The van der Waals surface area contributed by atoms with Crippen LogP contribution < -0.4 is 11.1 Å². The second-order valence-electron chi connectivity index (χ2n) is 4.56. The maximum Gasteiger partial charge on any atom is 0.296 e. The molecule has 0 saturated heterocycles. The third-order valence-electron chi connectivity index (χ3n) is 3.18. The molecule has 0 fully saturated rings. The molecule has 1 unspecified atom stereocenters. The SMILES string of the molecule is CCC(C)(CCN)Nc1nc2ccccc2o1. The van der Waals surface area contributed by atoms with E-state index in [1.165, 1.54) is 0 Å². The summed E-state index contributed by atoms with van der Waals surface area (Å²) in [4.78, 5) is 4.41. The van der Waals surface area contributed by atoms with E-state index >= 15 is 0 Å². The number of anilines is 1. The summed E-state index contributed by atoms with van der Waals surface area (Å²) in [7, 11) is 0. The molecule has 17 heavy (non-hydrogen) atoms. The van der Waals surface area contributed by atoms with Crippen LogP contribution in [0.5, 0.6) is 0 Å². The Morgan fingerprint density at radius 2 is 2.18 bits per heavy atom. The van der Waals surface area contributed by atoms with Crippen molar-refractivity contribution in [2.45, 2.75) is 32.2 Å². The largest absolute Gasteiger partial charge is 0.424 e.